The van der Waals surface area contributed by atoms with Crippen LogP contribution in [0.5, 0.6) is 0 Å². The van der Waals surface area contributed by atoms with Crippen molar-refractivity contribution in [2.75, 3.05) is 11.1 Å². The van der Waals surface area contributed by atoms with Crippen LogP contribution in [0.1, 0.15) is 57.3 Å². The van der Waals surface area contributed by atoms with Gasteiger partial charge in [0.1, 0.15) is 0 Å². The van der Waals surface area contributed by atoms with Gasteiger partial charge in [-0.25, -0.2) is 0 Å². The summed E-state index contributed by atoms with van der Waals surface area (Å²) in [5, 5.41) is 3.50. The number of nitrogens with one attached hydrogen (secondary N) is 1. The van der Waals surface area contributed by atoms with E-state index in [9.17, 15) is 4.79 Å². The molecule has 1 aliphatic carbocycles. The Balaban J connectivity index is 2.25. The van der Waals surface area contributed by atoms with Crippen molar-refractivity contribution in [1.29, 1.82) is 0 Å². The summed E-state index contributed by atoms with van der Waals surface area (Å²) in [6.07, 6.45) is 3.35. The van der Waals surface area contributed by atoms with Crippen molar-refractivity contribution in [3.05, 3.63) is 23.8 Å². The number of benzene rings is 1. The Morgan fingerprint density at radius 2 is 1.76 bits per heavy atom. The SMILES string of the molecule is CC1(C)CC(Nc2cc(N)ccc2C(N)=O)CC(C)(C)C1. The molecule has 4 nitrogen and oxygen atoms in total. The van der Waals surface area contributed by atoms with E-state index in [-0.39, 0.29) is 10.8 Å². The Bertz CT molecular complexity index is 533. The van der Waals surface area contributed by atoms with Crippen LogP contribution in [0.4, 0.5) is 11.4 Å². The molecule has 116 valence electrons. The summed E-state index contributed by atoms with van der Waals surface area (Å²) in [5.41, 5.74) is 13.8. The highest BCUT2D eigenvalue weighted by Gasteiger charge is 2.38. The van der Waals surface area contributed by atoms with E-state index in [0.717, 1.165) is 18.5 Å². The van der Waals surface area contributed by atoms with Crippen LogP contribution in [0.25, 0.3) is 0 Å². The molecule has 1 amide bonds. The zero-order valence-electron chi connectivity index (χ0n) is 13.5. The Labute approximate surface area is 127 Å². The monoisotopic (exact) mass is 289 g/mol. The molecule has 1 aromatic carbocycles. The number of carbonyl (C=O) groups is 1. The molecule has 1 aromatic rings. The summed E-state index contributed by atoms with van der Waals surface area (Å²) in [6.45, 7) is 9.21. The maximum absolute atomic E-state index is 11.6. The van der Waals surface area contributed by atoms with Gasteiger partial charge in [0.05, 0.1) is 5.56 Å². The predicted octanol–water partition coefficient (Wildman–Crippen LogP) is 3.38. The zero-order chi connectivity index (χ0) is 15.8. The number of carbonyl (C=O) groups excluding carboxylic acids is 1. The third kappa shape index (κ3) is 3.90. The zero-order valence-corrected chi connectivity index (χ0v) is 13.5. The van der Waals surface area contributed by atoms with E-state index in [1.54, 1.807) is 18.2 Å². The highest BCUT2D eigenvalue weighted by Crippen LogP contribution is 2.46. The standard InChI is InChI=1S/C17H27N3O/c1-16(2)8-12(9-17(3,4)10-16)20-14-7-11(18)5-6-13(14)15(19)21/h5-7,12,20H,8-10,18H2,1-4H3,(H2,19,21). The van der Waals surface area contributed by atoms with E-state index in [4.69, 9.17) is 11.5 Å². The van der Waals surface area contributed by atoms with E-state index < -0.39 is 5.91 Å². The maximum atomic E-state index is 11.6. The molecule has 0 atom stereocenters. The average molecular weight is 289 g/mol. The summed E-state index contributed by atoms with van der Waals surface area (Å²) < 4.78 is 0. The van der Waals surface area contributed by atoms with Crippen LogP contribution < -0.4 is 16.8 Å². The third-order valence-electron chi connectivity index (χ3n) is 4.22. The Hall–Kier alpha value is -1.71. The van der Waals surface area contributed by atoms with Gasteiger partial charge in [-0.2, -0.15) is 0 Å². The van der Waals surface area contributed by atoms with E-state index in [1.165, 1.54) is 6.42 Å². The Morgan fingerprint density at radius 1 is 1.19 bits per heavy atom. The number of nitrogen functional groups attached to an aromatic ring is 1. The normalized spacial score (nSPS) is 21.0. The maximum Gasteiger partial charge on any atom is 0.250 e. The third-order valence-corrected chi connectivity index (χ3v) is 4.22. The molecule has 1 saturated carbocycles. The lowest BCUT2D eigenvalue weighted by atomic mass is 9.63. The fraction of sp³-hybridized carbons (Fsp3) is 0.588. The van der Waals surface area contributed by atoms with Gasteiger partial charge < -0.3 is 16.8 Å². The molecule has 0 aromatic heterocycles. The van der Waals surface area contributed by atoms with Gasteiger partial charge in [0.2, 0.25) is 0 Å². The Kier molecular flexibility index (Phi) is 3.91. The lowest BCUT2D eigenvalue weighted by molar-refractivity contribution is 0.1000. The van der Waals surface area contributed by atoms with Crippen molar-refractivity contribution in [1.82, 2.24) is 0 Å². The quantitative estimate of drug-likeness (QED) is 0.746. The summed E-state index contributed by atoms with van der Waals surface area (Å²) in [7, 11) is 0. The number of anilines is 2. The second kappa shape index (κ2) is 5.24. The molecule has 0 saturated heterocycles. The molecule has 1 fully saturated rings. The number of hydrogen-bond donors (Lipinski definition) is 3. The molecule has 2 rings (SSSR count). The first kappa shape index (κ1) is 15.7. The highest BCUT2D eigenvalue weighted by molar-refractivity contribution is 5.99. The first-order valence-electron chi connectivity index (χ1n) is 7.54. The summed E-state index contributed by atoms with van der Waals surface area (Å²) in [4.78, 5) is 11.6. The summed E-state index contributed by atoms with van der Waals surface area (Å²) in [6, 6.07) is 5.53. The van der Waals surface area contributed by atoms with Crippen LogP contribution in [0, 0.1) is 10.8 Å². The number of rotatable bonds is 3. The van der Waals surface area contributed by atoms with Crippen LogP contribution in [0.15, 0.2) is 18.2 Å². The van der Waals surface area contributed by atoms with Crippen LogP contribution in [-0.2, 0) is 0 Å². The van der Waals surface area contributed by atoms with Crippen molar-refractivity contribution in [2.24, 2.45) is 16.6 Å². The Morgan fingerprint density at radius 3 is 2.29 bits per heavy atom. The molecule has 0 unspecified atom stereocenters. The molecule has 0 bridgehead atoms. The van der Waals surface area contributed by atoms with E-state index in [0.29, 0.717) is 17.3 Å². The molecule has 4 heteroatoms. The van der Waals surface area contributed by atoms with Gasteiger partial charge in [-0.1, -0.05) is 27.7 Å². The summed E-state index contributed by atoms with van der Waals surface area (Å²) >= 11 is 0. The first-order valence-corrected chi connectivity index (χ1v) is 7.54. The van der Waals surface area contributed by atoms with Crippen LogP contribution in [0.3, 0.4) is 0 Å². The fourth-order valence-corrected chi connectivity index (χ4v) is 4.06. The van der Waals surface area contributed by atoms with E-state index in [2.05, 4.69) is 33.0 Å². The summed E-state index contributed by atoms with van der Waals surface area (Å²) in [5.74, 6) is -0.424. The molecule has 0 radical (unpaired) electrons. The number of amides is 1. The highest BCUT2D eigenvalue weighted by atomic mass is 16.1. The predicted molar refractivity (Wildman–Crippen MR) is 88.2 cm³/mol. The minimum atomic E-state index is -0.424. The largest absolute Gasteiger partial charge is 0.399 e. The van der Waals surface area contributed by atoms with Crippen molar-refractivity contribution >= 4 is 17.3 Å². The lowest BCUT2D eigenvalue weighted by Gasteiger charge is -2.45. The molecule has 0 aliphatic heterocycles. The minimum Gasteiger partial charge on any atom is -0.399 e. The van der Waals surface area contributed by atoms with Crippen molar-refractivity contribution in [2.45, 2.75) is 53.0 Å². The lowest BCUT2D eigenvalue weighted by Crippen LogP contribution is -2.40. The molecule has 0 heterocycles. The molecule has 21 heavy (non-hydrogen) atoms. The van der Waals surface area contributed by atoms with Gasteiger partial charge in [-0.3, -0.25) is 4.79 Å². The van der Waals surface area contributed by atoms with Gasteiger partial charge in [0.25, 0.3) is 5.91 Å². The van der Waals surface area contributed by atoms with Crippen molar-refractivity contribution < 1.29 is 4.79 Å². The van der Waals surface area contributed by atoms with Gasteiger partial charge in [0, 0.05) is 17.4 Å². The van der Waals surface area contributed by atoms with Gasteiger partial charge in [-0.15, -0.1) is 0 Å². The number of hydrogen-bond acceptors (Lipinski definition) is 3. The van der Waals surface area contributed by atoms with Crippen molar-refractivity contribution in [3.63, 3.8) is 0 Å². The average Bonchev–Trinajstić information content (AvgIpc) is 2.23. The molecular weight excluding hydrogens is 262 g/mol. The number of primary amides is 1. The minimum absolute atomic E-state index is 0.284. The van der Waals surface area contributed by atoms with Crippen LogP contribution in [-0.4, -0.2) is 11.9 Å². The van der Waals surface area contributed by atoms with Gasteiger partial charge in [0.15, 0.2) is 0 Å². The fourth-order valence-electron chi connectivity index (χ4n) is 4.06. The second-order valence-electron chi connectivity index (χ2n) is 7.92. The number of nitrogens with two attached hydrogens (primary N) is 2. The van der Waals surface area contributed by atoms with E-state index >= 15 is 0 Å². The topological polar surface area (TPSA) is 81.1 Å². The second-order valence-corrected chi connectivity index (χ2v) is 7.92. The van der Waals surface area contributed by atoms with Gasteiger partial charge >= 0.3 is 0 Å². The van der Waals surface area contributed by atoms with Crippen molar-refractivity contribution in [3.8, 4) is 0 Å². The molecule has 0 spiro atoms. The van der Waals surface area contributed by atoms with E-state index in [1.807, 2.05) is 0 Å². The molecule has 1 aliphatic rings. The molecular formula is C17H27N3O. The van der Waals surface area contributed by atoms with Gasteiger partial charge in [-0.05, 0) is 48.3 Å². The van der Waals surface area contributed by atoms with Crippen LogP contribution in [0.2, 0.25) is 0 Å². The first-order chi connectivity index (χ1) is 9.58. The van der Waals surface area contributed by atoms with Crippen LogP contribution >= 0.6 is 0 Å². The molecule has 5 N–H and O–H groups in total. The smallest absolute Gasteiger partial charge is 0.250 e.